The highest BCUT2D eigenvalue weighted by molar-refractivity contribution is 6.34. The Morgan fingerprint density at radius 1 is 1.00 bits per heavy atom. The van der Waals surface area contributed by atoms with Gasteiger partial charge >= 0.3 is 0 Å². The number of hydrogen-bond donors (Lipinski definition) is 1. The number of nitro groups is 1. The fourth-order valence-corrected chi connectivity index (χ4v) is 3.69. The first-order valence-corrected chi connectivity index (χ1v) is 10.5. The number of pyridine rings is 1. The van der Waals surface area contributed by atoms with Gasteiger partial charge in [-0.2, -0.15) is 4.98 Å². The maximum Gasteiger partial charge on any atom is 0.291 e. The third-order valence-electron chi connectivity index (χ3n) is 4.89. The SMILES string of the molecule is O=C(Nc1cc(-c2nc3ncccc3o2)ccc1Cl)c1ccc(-c2ccc([N+](=O)[O-])cc2Cl)o1. The molecule has 34 heavy (non-hydrogen) atoms. The Morgan fingerprint density at radius 2 is 1.85 bits per heavy atom. The van der Waals surface area contributed by atoms with E-state index in [1.807, 2.05) is 0 Å². The summed E-state index contributed by atoms with van der Waals surface area (Å²) in [6.07, 6.45) is 1.61. The van der Waals surface area contributed by atoms with E-state index in [2.05, 4.69) is 15.3 Å². The summed E-state index contributed by atoms with van der Waals surface area (Å²) < 4.78 is 11.4. The molecule has 3 aromatic heterocycles. The molecule has 11 heteroatoms. The van der Waals surface area contributed by atoms with Gasteiger partial charge in [0.05, 0.1) is 20.7 Å². The van der Waals surface area contributed by atoms with Crippen molar-refractivity contribution in [2.75, 3.05) is 5.32 Å². The lowest BCUT2D eigenvalue weighted by molar-refractivity contribution is -0.384. The van der Waals surface area contributed by atoms with Gasteiger partial charge in [0.1, 0.15) is 5.76 Å². The number of carbonyl (C=O) groups excluding carboxylic acids is 1. The monoisotopic (exact) mass is 494 g/mol. The summed E-state index contributed by atoms with van der Waals surface area (Å²) in [6.45, 7) is 0. The fourth-order valence-electron chi connectivity index (χ4n) is 3.25. The molecule has 0 aliphatic heterocycles. The Labute approximate surface area is 201 Å². The molecule has 0 saturated heterocycles. The van der Waals surface area contributed by atoms with E-state index < -0.39 is 10.8 Å². The molecule has 0 aliphatic rings. The van der Waals surface area contributed by atoms with Crippen LogP contribution in [0.15, 0.2) is 75.7 Å². The molecule has 168 valence electrons. The van der Waals surface area contributed by atoms with Gasteiger partial charge < -0.3 is 14.2 Å². The van der Waals surface area contributed by atoms with Gasteiger partial charge in [-0.3, -0.25) is 14.9 Å². The van der Waals surface area contributed by atoms with E-state index in [1.165, 1.54) is 24.3 Å². The molecule has 0 aliphatic carbocycles. The Kier molecular flexibility index (Phi) is 5.48. The molecule has 2 aromatic carbocycles. The molecular formula is C23H12Cl2N4O5. The van der Waals surface area contributed by atoms with Crippen LogP contribution < -0.4 is 5.32 Å². The minimum absolute atomic E-state index is 0.00282. The van der Waals surface area contributed by atoms with Crippen LogP contribution in [0.2, 0.25) is 10.0 Å². The second-order valence-corrected chi connectivity index (χ2v) is 7.89. The molecule has 1 amide bonds. The topological polar surface area (TPSA) is 124 Å². The van der Waals surface area contributed by atoms with Crippen LogP contribution >= 0.6 is 23.2 Å². The minimum atomic E-state index is -0.553. The zero-order valence-electron chi connectivity index (χ0n) is 17.0. The predicted molar refractivity (Wildman–Crippen MR) is 126 cm³/mol. The fraction of sp³-hybridized carbons (Fsp3) is 0. The largest absolute Gasteiger partial charge is 0.451 e. The maximum atomic E-state index is 12.8. The molecule has 0 saturated carbocycles. The molecule has 0 unspecified atom stereocenters. The van der Waals surface area contributed by atoms with E-state index >= 15 is 0 Å². The Balaban J connectivity index is 1.39. The number of rotatable bonds is 5. The zero-order valence-corrected chi connectivity index (χ0v) is 18.5. The van der Waals surface area contributed by atoms with E-state index in [-0.39, 0.29) is 22.2 Å². The predicted octanol–water partition coefficient (Wildman–Crippen LogP) is 6.62. The Morgan fingerprint density at radius 3 is 2.62 bits per heavy atom. The lowest BCUT2D eigenvalue weighted by Gasteiger charge is -2.07. The van der Waals surface area contributed by atoms with Gasteiger partial charge in [0.2, 0.25) is 5.89 Å². The van der Waals surface area contributed by atoms with E-state index in [4.69, 9.17) is 32.0 Å². The van der Waals surface area contributed by atoms with Crippen LogP contribution in [0.5, 0.6) is 0 Å². The number of non-ortho nitro benzene ring substituents is 1. The van der Waals surface area contributed by atoms with Crippen LogP contribution in [0.25, 0.3) is 34.0 Å². The van der Waals surface area contributed by atoms with Crippen molar-refractivity contribution in [3.63, 3.8) is 0 Å². The number of nitrogens with one attached hydrogen (secondary N) is 1. The normalized spacial score (nSPS) is 11.0. The number of halogens is 2. The molecule has 1 N–H and O–H groups in total. The highest BCUT2D eigenvalue weighted by atomic mass is 35.5. The summed E-state index contributed by atoms with van der Waals surface area (Å²) in [6, 6.07) is 15.4. The quantitative estimate of drug-likeness (QED) is 0.215. The minimum Gasteiger partial charge on any atom is -0.451 e. The highest BCUT2D eigenvalue weighted by Crippen LogP contribution is 2.33. The number of nitrogens with zero attached hydrogens (tertiary/aromatic N) is 3. The van der Waals surface area contributed by atoms with Crippen molar-refractivity contribution in [3.8, 4) is 22.8 Å². The van der Waals surface area contributed by atoms with Crippen molar-refractivity contribution in [1.29, 1.82) is 0 Å². The van der Waals surface area contributed by atoms with Gasteiger partial charge in [-0.05, 0) is 48.5 Å². The van der Waals surface area contributed by atoms with Gasteiger partial charge in [0.15, 0.2) is 17.0 Å². The molecular weight excluding hydrogens is 483 g/mol. The molecule has 3 heterocycles. The van der Waals surface area contributed by atoms with Crippen LogP contribution in [0.1, 0.15) is 10.6 Å². The third-order valence-corrected chi connectivity index (χ3v) is 5.53. The van der Waals surface area contributed by atoms with Crippen molar-refractivity contribution in [2.24, 2.45) is 0 Å². The average molecular weight is 495 g/mol. The number of nitro benzene ring substituents is 1. The Bertz CT molecular complexity index is 1540. The van der Waals surface area contributed by atoms with E-state index in [0.29, 0.717) is 39.0 Å². The first-order chi connectivity index (χ1) is 16.4. The summed E-state index contributed by atoms with van der Waals surface area (Å²) in [4.78, 5) is 31.6. The highest BCUT2D eigenvalue weighted by Gasteiger charge is 2.18. The van der Waals surface area contributed by atoms with Gasteiger partial charge in [0, 0.05) is 29.5 Å². The van der Waals surface area contributed by atoms with Crippen molar-refractivity contribution < 1.29 is 18.6 Å². The second kappa shape index (κ2) is 8.62. The summed E-state index contributed by atoms with van der Waals surface area (Å²) in [5.74, 6) is 0.0531. The third kappa shape index (κ3) is 4.09. The van der Waals surface area contributed by atoms with Crippen molar-refractivity contribution in [3.05, 3.63) is 92.8 Å². The number of fused-ring (bicyclic) bond motifs is 1. The molecule has 9 nitrogen and oxygen atoms in total. The van der Waals surface area contributed by atoms with Gasteiger partial charge in [-0.25, -0.2) is 4.98 Å². The number of furan rings is 1. The number of hydrogen-bond acceptors (Lipinski definition) is 7. The number of benzene rings is 2. The van der Waals surface area contributed by atoms with E-state index in [0.717, 1.165) is 0 Å². The number of aromatic nitrogens is 2. The summed E-state index contributed by atoms with van der Waals surface area (Å²) in [5.41, 5.74) is 2.18. The summed E-state index contributed by atoms with van der Waals surface area (Å²) in [7, 11) is 0. The van der Waals surface area contributed by atoms with Crippen molar-refractivity contribution in [1.82, 2.24) is 9.97 Å². The number of amides is 1. The van der Waals surface area contributed by atoms with Crippen LogP contribution in [0.3, 0.4) is 0 Å². The average Bonchev–Trinajstić information content (AvgIpc) is 3.48. The maximum absolute atomic E-state index is 12.8. The molecule has 0 fully saturated rings. The molecule has 5 rings (SSSR count). The second-order valence-electron chi connectivity index (χ2n) is 7.08. The summed E-state index contributed by atoms with van der Waals surface area (Å²) >= 11 is 12.4. The molecule has 5 aromatic rings. The van der Waals surface area contributed by atoms with Gasteiger partial charge in [-0.15, -0.1) is 0 Å². The van der Waals surface area contributed by atoms with Crippen LogP contribution in [-0.4, -0.2) is 20.8 Å². The Hall–Kier alpha value is -4.21. The lowest BCUT2D eigenvalue weighted by atomic mass is 10.1. The van der Waals surface area contributed by atoms with Crippen LogP contribution in [0, 0.1) is 10.1 Å². The lowest BCUT2D eigenvalue weighted by Crippen LogP contribution is -2.11. The van der Waals surface area contributed by atoms with E-state index in [9.17, 15) is 14.9 Å². The van der Waals surface area contributed by atoms with Gasteiger partial charge in [0.25, 0.3) is 11.6 Å². The van der Waals surface area contributed by atoms with Crippen LogP contribution in [0.4, 0.5) is 11.4 Å². The van der Waals surface area contributed by atoms with Gasteiger partial charge in [-0.1, -0.05) is 23.2 Å². The number of anilines is 1. The molecule has 0 spiro atoms. The van der Waals surface area contributed by atoms with Crippen molar-refractivity contribution in [2.45, 2.75) is 0 Å². The number of carbonyl (C=O) groups is 1. The summed E-state index contributed by atoms with van der Waals surface area (Å²) in [5, 5.41) is 14.0. The molecule has 0 bridgehead atoms. The smallest absolute Gasteiger partial charge is 0.291 e. The van der Waals surface area contributed by atoms with E-state index in [1.54, 1.807) is 42.6 Å². The number of oxazole rings is 1. The first kappa shape index (κ1) is 21.6. The molecule has 0 atom stereocenters. The standard InChI is InChI=1S/C23H12Cl2N4O5/c24-15-6-3-12(23-28-21-19(34-23)2-1-9-26-21)10-17(15)27-22(30)20-8-7-18(33-20)14-5-4-13(29(31)32)11-16(14)25/h1-11H,(H,27,30). The van der Waals surface area contributed by atoms with Crippen LogP contribution in [-0.2, 0) is 0 Å². The van der Waals surface area contributed by atoms with Crippen molar-refractivity contribution >= 4 is 51.7 Å². The first-order valence-electron chi connectivity index (χ1n) is 9.76. The molecule has 0 radical (unpaired) electrons. The zero-order chi connectivity index (χ0) is 23.8.